The van der Waals surface area contributed by atoms with Crippen molar-refractivity contribution in [2.45, 2.75) is 32.2 Å². The van der Waals surface area contributed by atoms with Gasteiger partial charge in [-0.15, -0.1) is 0 Å². The molecule has 0 spiro atoms. The molecule has 0 amide bonds. The topological polar surface area (TPSA) is 32.3 Å². The van der Waals surface area contributed by atoms with Crippen LogP contribution < -0.4 is 5.32 Å². The Bertz CT molecular complexity index is 90.6. The van der Waals surface area contributed by atoms with Crippen LogP contribution in [0.3, 0.4) is 0 Å². The third-order valence-electron chi connectivity index (χ3n) is 1.90. The van der Waals surface area contributed by atoms with Crippen LogP contribution in [0.1, 0.15) is 26.2 Å². The van der Waals surface area contributed by atoms with Crippen molar-refractivity contribution in [2.24, 2.45) is 0 Å². The molecule has 74 valence electrons. The molecule has 0 fully saturated rings. The predicted octanol–water partition coefficient (Wildman–Crippen LogP) is 1.49. The van der Waals surface area contributed by atoms with Gasteiger partial charge in [-0.1, -0.05) is 6.42 Å². The molecule has 0 aromatic heterocycles. The fourth-order valence-electron chi connectivity index (χ4n) is 0.966. The Morgan fingerprint density at radius 3 is 2.67 bits per heavy atom. The van der Waals surface area contributed by atoms with Crippen LogP contribution in [0.15, 0.2) is 0 Å². The van der Waals surface area contributed by atoms with Crippen LogP contribution in [-0.4, -0.2) is 36.3 Å². The van der Waals surface area contributed by atoms with Crippen molar-refractivity contribution in [1.82, 2.24) is 5.32 Å². The van der Waals surface area contributed by atoms with E-state index in [0.29, 0.717) is 12.6 Å². The lowest BCUT2D eigenvalue weighted by atomic mass is 10.1. The molecule has 2 N–H and O–H groups in total. The molecule has 0 rings (SSSR count). The number of aliphatic hydroxyl groups excluding tert-OH is 1. The molecule has 0 saturated heterocycles. The summed E-state index contributed by atoms with van der Waals surface area (Å²) in [6, 6.07) is 0.646. The van der Waals surface area contributed by atoms with Gasteiger partial charge in [0, 0.05) is 11.8 Å². The molecular formula is C9H21NOS. The first-order valence-electron chi connectivity index (χ1n) is 4.67. The van der Waals surface area contributed by atoms with Crippen molar-refractivity contribution in [3.8, 4) is 0 Å². The van der Waals surface area contributed by atoms with E-state index in [1.54, 1.807) is 0 Å². The summed E-state index contributed by atoms with van der Waals surface area (Å²) in [6.07, 6.45) is 3.83. The highest BCUT2D eigenvalue weighted by atomic mass is 32.2. The van der Waals surface area contributed by atoms with Crippen LogP contribution in [0.25, 0.3) is 0 Å². The SMILES string of the molecule is CNC(C)CCCCSCCO. The molecule has 0 bridgehead atoms. The molecule has 0 heterocycles. The molecule has 0 aromatic carbocycles. The van der Waals surface area contributed by atoms with Gasteiger partial charge in [-0.3, -0.25) is 0 Å². The van der Waals surface area contributed by atoms with Gasteiger partial charge in [0.05, 0.1) is 6.61 Å². The predicted molar refractivity (Wildman–Crippen MR) is 56.8 cm³/mol. The van der Waals surface area contributed by atoms with Crippen molar-refractivity contribution >= 4 is 11.8 Å². The summed E-state index contributed by atoms with van der Waals surface area (Å²) in [5.41, 5.74) is 0. The van der Waals surface area contributed by atoms with Crippen molar-refractivity contribution in [3.05, 3.63) is 0 Å². The van der Waals surface area contributed by atoms with Gasteiger partial charge < -0.3 is 10.4 Å². The molecule has 2 nitrogen and oxygen atoms in total. The molecule has 1 unspecified atom stereocenters. The van der Waals surface area contributed by atoms with Gasteiger partial charge in [0.15, 0.2) is 0 Å². The number of aliphatic hydroxyl groups is 1. The van der Waals surface area contributed by atoms with Crippen molar-refractivity contribution < 1.29 is 5.11 Å². The van der Waals surface area contributed by atoms with Crippen LogP contribution >= 0.6 is 11.8 Å². The Morgan fingerprint density at radius 2 is 2.08 bits per heavy atom. The van der Waals surface area contributed by atoms with Gasteiger partial charge in [0.2, 0.25) is 0 Å². The minimum absolute atomic E-state index is 0.317. The van der Waals surface area contributed by atoms with Crippen molar-refractivity contribution in [1.29, 1.82) is 0 Å². The highest BCUT2D eigenvalue weighted by molar-refractivity contribution is 7.99. The van der Waals surface area contributed by atoms with E-state index < -0.39 is 0 Å². The lowest BCUT2D eigenvalue weighted by molar-refractivity contribution is 0.322. The van der Waals surface area contributed by atoms with Crippen LogP contribution in [0.5, 0.6) is 0 Å². The molecule has 12 heavy (non-hydrogen) atoms. The van der Waals surface area contributed by atoms with Gasteiger partial charge in [-0.2, -0.15) is 11.8 Å². The normalized spacial score (nSPS) is 13.2. The summed E-state index contributed by atoms with van der Waals surface area (Å²) in [7, 11) is 2.01. The second-order valence-electron chi connectivity index (χ2n) is 3.02. The van der Waals surface area contributed by atoms with E-state index >= 15 is 0 Å². The average molecular weight is 191 g/mol. The monoisotopic (exact) mass is 191 g/mol. The summed E-state index contributed by atoms with van der Waals surface area (Å²) < 4.78 is 0. The summed E-state index contributed by atoms with van der Waals surface area (Å²) in [5.74, 6) is 2.08. The van der Waals surface area contributed by atoms with E-state index in [1.807, 2.05) is 18.8 Å². The smallest absolute Gasteiger partial charge is 0.0521 e. The van der Waals surface area contributed by atoms with Crippen LogP contribution in [0.4, 0.5) is 0 Å². The lowest BCUT2D eigenvalue weighted by Crippen LogP contribution is -2.20. The fourth-order valence-corrected chi connectivity index (χ4v) is 1.71. The van der Waals surface area contributed by atoms with Gasteiger partial charge in [0.25, 0.3) is 0 Å². The first kappa shape index (κ1) is 12.3. The van der Waals surface area contributed by atoms with Crippen LogP contribution in [0.2, 0.25) is 0 Å². The fraction of sp³-hybridized carbons (Fsp3) is 1.00. The first-order chi connectivity index (χ1) is 5.81. The molecule has 0 aromatic rings. The number of rotatable bonds is 8. The van der Waals surface area contributed by atoms with Crippen molar-refractivity contribution in [3.63, 3.8) is 0 Å². The van der Waals surface area contributed by atoms with E-state index in [1.165, 1.54) is 25.0 Å². The molecule has 0 saturated carbocycles. The Labute approximate surface area is 80.1 Å². The quantitative estimate of drug-likeness (QED) is 0.570. The number of unbranched alkanes of at least 4 members (excludes halogenated alkanes) is 1. The molecule has 0 aliphatic carbocycles. The standard InChI is InChI=1S/C9H21NOS/c1-9(10-2)5-3-4-7-12-8-6-11/h9-11H,3-8H2,1-2H3. The maximum Gasteiger partial charge on any atom is 0.0521 e. The first-order valence-corrected chi connectivity index (χ1v) is 5.82. The van der Waals surface area contributed by atoms with E-state index in [0.717, 1.165) is 5.75 Å². The second kappa shape index (κ2) is 9.36. The van der Waals surface area contributed by atoms with Gasteiger partial charge in [-0.05, 0) is 32.6 Å². The third-order valence-corrected chi connectivity index (χ3v) is 2.95. The zero-order chi connectivity index (χ0) is 9.23. The summed E-state index contributed by atoms with van der Waals surface area (Å²) in [4.78, 5) is 0. The molecule has 3 heteroatoms. The number of nitrogens with one attached hydrogen (secondary N) is 1. The third kappa shape index (κ3) is 8.37. The Kier molecular flexibility index (Phi) is 9.57. The zero-order valence-corrected chi connectivity index (χ0v) is 8.99. The minimum atomic E-state index is 0.317. The Hall–Kier alpha value is 0.270. The average Bonchev–Trinajstić information content (AvgIpc) is 2.10. The van der Waals surface area contributed by atoms with E-state index in [2.05, 4.69) is 12.2 Å². The molecule has 1 atom stereocenters. The lowest BCUT2D eigenvalue weighted by Gasteiger charge is -2.08. The van der Waals surface area contributed by atoms with Gasteiger partial charge in [-0.25, -0.2) is 0 Å². The number of hydrogen-bond donors (Lipinski definition) is 2. The number of thioether (sulfide) groups is 1. The highest BCUT2D eigenvalue weighted by Crippen LogP contribution is 2.06. The minimum Gasteiger partial charge on any atom is -0.396 e. The van der Waals surface area contributed by atoms with E-state index in [-0.39, 0.29) is 0 Å². The Morgan fingerprint density at radius 1 is 1.33 bits per heavy atom. The molecule has 0 aliphatic heterocycles. The molecule has 0 aliphatic rings. The maximum atomic E-state index is 8.52. The second-order valence-corrected chi connectivity index (χ2v) is 4.25. The van der Waals surface area contributed by atoms with Crippen LogP contribution in [0, 0.1) is 0 Å². The molecule has 0 radical (unpaired) electrons. The zero-order valence-electron chi connectivity index (χ0n) is 8.18. The summed E-state index contributed by atoms with van der Waals surface area (Å²) >= 11 is 1.84. The summed E-state index contributed by atoms with van der Waals surface area (Å²) in [5, 5.41) is 11.7. The van der Waals surface area contributed by atoms with Gasteiger partial charge >= 0.3 is 0 Å². The van der Waals surface area contributed by atoms with Crippen molar-refractivity contribution in [2.75, 3.05) is 25.2 Å². The van der Waals surface area contributed by atoms with Gasteiger partial charge in [0.1, 0.15) is 0 Å². The maximum absolute atomic E-state index is 8.52. The highest BCUT2D eigenvalue weighted by Gasteiger charge is 1.96. The Balaban J connectivity index is 2.90. The summed E-state index contributed by atoms with van der Waals surface area (Å²) in [6.45, 7) is 2.53. The largest absolute Gasteiger partial charge is 0.396 e. The molecular weight excluding hydrogens is 170 g/mol. The van der Waals surface area contributed by atoms with Crippen LogP contribution in [-0.2, 0) is 0 Å². The van der Waals surface area contributed by atoms with E-state index in [4.69, 9.17) is 5.11 Å². The van der Waals surface area contributed by atoms with E-state index in [9.17, 15) is 0 Å². The number of hydrogen-bond acceptors (Lipinski definition) is 3.